The van der Waals surface area contributed by atoms with E-state index in [1.807, 2.05) is 0 Å². The third kappa shape index (κ3) is 6.97. The van der Waals surface area contributed by atoms with Crippen molar-refractivity contribution < 1.29 is 36.6 Å². The van der Waals surface area contributed by atoms with E-state index in [1.165, 1.54) is 6.07 Å². The lowest BCUT2D eigenvalue weighted by Crippen LogP contribution is -2.24. The fraction of sp³-hybridized carbons (Fsp3) is 0.316. The van der Waals surface area contributed by atoms with Gasteiger partial charge in [-0.25, -0.2) is 9.18 Å². The summed E-state index contributed by atoms with van der Waals surface area (Å²) in [6.45, 7) is 4.70. The number of hydrogen-bond donors (Lipinski definition) is 0. The number of carbonyl (C=O) groups is 1. The van der Waals surface area contributed by atoms with E-state index >= 15 is 0 Å². The van der Waals surface area contributed by atoms with Crippen molar-refractivity contribution in [3.05, 3.63) is 57.3 Å². The number of esters is 1. The molecule has 0 fully saturated rings. The molecular weight excluding hydrogens is 439 g/mol. The first kappa shape index (κ1) is 23.1. The zero-order valence-corrected chi connectivity index (χ0v) is 17.0. The molecule has 0 heterocycles. The maximum atomic E-state index is 14.3. The average Bonchev–Trinajstić information content (AvgIpc) is 2.54. The van der Waals surface area contributed by atoms with Gasteiger partial charge < -0.3 is 14.2 Å². The molecule has 0 spiro atoms. The molecule has 158 valence electrons. The number of alkyl halides is 3. The van der Waals surface area contributed by atoms with E-state index < -0.39 is 29.5 Å². The van der Waals surface area contributed by atoms with Gasteiger partial charge in [0.2, 0.25) is 0 Å². The molecule has 0 amide bonds. The van der Waals surface area contributed by atoms with Crippen molar-refractivity contribution in [2.45, 2.75) is 39.3 Å². The van der Waals surface area contributed by atoms with E-state index in [0.717, 1.165) is 24.3 Å². The Morgan fingerprint density at radius 1 is 1.03 bits per heavy atom. The quantitative estimate of drug-likeness (QED) is 0.378. The van der Waals surface area contributed by atoms with Crippen LogP contribution in [0.5, 0.6) is 11.5 Å². The Balaban J connectivity index is 2.12. The summed E-state index contributed by atoms with van der Waals surface area (Å²) in [5.74, 6) is -2.19. The van der Waals surface area contributed by atoms with Gasteiger partial charge in [-0.15, -0.1) is 13.2 Å². The molecule has 0 unspecified atom stereocenters. The molecule has 10 heteroatoms. The van der Waals surface area contributed by atoms with Crippen molar-refractivity contribution in [3.63, 3.8) is 0 Å². The number of rotatable bonds is 5. The van der Waals surface area contributed by atoms with Crippen LogP contribution in [-0.2, 0) is 11.3 Å². The van der Waals surface area contributed by atoms with Gasteiger partial charge in [0.25, 0.3) is 0 Å². The summed E-state index contributed by atoms with van der Waals surface area (Å²) in [4.78, 5) is 12.0. The number of carbonyl (C=O) groups excluding carboxylic acids is 1. The van der Waals surface area contributed by atoms with E-state index in [9.17, 15) is 22.4 Å². The molecule has 0 aliphatic carbocycles. The molecule has 0 saturated heterocycles. The summed E-state index contributed by atoms with van der Waals surface area (Å²) >= 11 is 11.8. The molecule has 2 rings (SSSR count). The molecule has 0 aliphatic rings. The van der Waals surface area contributed by atoms with Gasteiger partial charge in [-0.1, -0.05) is 23.2 Å². The summed E-state index contributed by atoms with van der Waals surface area (Å²) in [5, 5.41) is -0.271. The molecular formula is C19H16Cl2F4O4. The molecule has 0 bridgehead atoms. The van der Waals surface area contributed by atoms with Crippen molar-refractivity contribution in [1.82, 2.24) is 0 Å². The van der Waals surface area contributed by atoms with Crippen LogP contribution < -0.4 is 9.47 Å². The number of halogens is 6. The zero-order valence-electron chi connectivity index (χ0n) is 15.5. The van der Waals surface area contributed by atoms with E-state index in [2.05, 4.69) is 4.74 Å². The normalized spacial score (nSPS) is 11.9. The first-order chi connectivity index (χ1) is 13.2. The van der Waals surface area contributed by atoms with Crippen LogP contribution in [0.15, 0.2) is 30.3 Å². The molecule has 0 aromatic heterocycles. The summed E-state index contributed by atoms with van der Waals surface area (Å²) in [6.07, 6.45) is -4.88. The van der Waals surface area contributed by atoms with Gasteiger partial charge >= 0.3 is 12.3 Å². The van der Waals surface area contributed by atoms with Crippen LogP contribution in [0.2, 0.25) is 10.0 Å². The van der Waals surface area contributed by atoms with Crippen LogP contribution in [-0.4, -0.2) is 17.9 Å². The van der Waals surface area contributed by atoms with E-state index in [4.69, 9.17) is 32.7 Å². The minimum absolute atomic E-state index is 0.0513. The Hall–Kier alpha value is -2.19. The van der Waals surface area contributed by atoms with Crippen LogP contribution >= 0.6 is 23.2 Å². The first-order valence-electron chi connectivity index (χ1n) is 8.14. The van der Waals surface area contributed by atoms with Gasteiger partial charge in [0, 0.05) is 16.7 Å². The number of benzene rings is 2. The van der Waals surface area contributed by atoms with Gasteiger partial charge in [0.1, 0.15) is 29.5 Å². The minimum Gasteiger partial charge on any atom is -0.489 e. The van der Waals surface area contributed by atoms with Crippen LogP contribution in [0.3, 0.4) is 0 Å². The third-order valence-corrected chi connectivity index (χ3v) is 3.93. The second-order valence-corrected chi connectivity index (χ2v) is 7.67. The molecule has 29 heavy (non-hydrogen) atoms. The standard InChI is InChI=1S/C19H16Cl2F4O4/c1-18(2,3)29-17(26)12-8-13(20)10(6-15(12)22)9-27-11-4-5-16(14(21)7-11)28-19(23,24)25/h4-8H,9H2,1-3H3. The smallest absolute Gasteiger partial charge is 0.489 e. The topological polar surface area (TPSA) is 44.8 Å². The monoisotopic (exact) mass is 454 g/mol. The largest absolute Gasteiger partial charge is 0.573 e. The first-order valence-corrected chi connectivity index (χ1v) is 8.90. The van der Waals surface area contributed by atoms with Crippen LogP contribution in [0, 0.1) is 5.82 Å². The Morgan fingerprint density at radius 2 is 1.69 bits per heavy atom. The maximum absolute atomic E-state index is 14.3. The van der Waals surface area contributed by atoms with E-state index in [1.54, 1.807) is 20.8 Å². The highest BCUT2D eigenvalue weighted by atomic mass is 35.5. The fourth-order valence-corrected chi connectivity index (χ4v) is 2.56. The summed E-state index contributed by atoms with van der Waals surface area (Å²) in [5.41, 5.74) is -0.924. The predicted octanol–water partition coefficient (Wildman–Crippen LogP) is 6.57. The van der Waals surface area contributed by atoms with Crippen LogP contribution in [0.4, 0.5) is 17.6 Å². The van der Waals surface area contributed by atoms with Gasteiger partial charge in [-0.3, -0.25) is 0 Å². The highest BCUT2D eigenvalue weighted by molar-refractivity contribution is 6.32. The molecule has 0 atom stereocenters. The highest BCUT2D eigenvalue weighted by Gasteiger charge is 2.32. The summed E-state index contributed by atoms with van der Waals surface area (Å²) in [7, 11) is 0. The van der Waals surface area contributed by atoms with Gasteiger partial charge in [0.05, 0.1) is 10.6 Å². The lowest BCUT2D eigenvalue weighted by Gasteiger charge is -2.20. The Morgan fingerprint density at radius 3 is 2.24 bits per heavy atom. The predicted molar refractivity (Wildman–Crippen MR) is 99.0 cm³/mol. The molecule has 4 nitrogen and oxygen atoms in total. The SMILES string of the molecule is CC(C)(C)OC(=O)c1cc(Cl)c(COc2ccc(OC(F)(F)F)c(Cl)c2)cc1F. The van der Waals surface area contributed by atoms with Crippen molar-refractivity contribution in [2.75, 3.05) is 0 Å². The Labute approximate surface area is 174 Å². The van der Waals surface area contributed by atoms with Crippen LogP contribution in [0.1, 0.15) is 36.7 Å². The summed E-state index contributed by atoms with van der Waals surface area (Å²) in [6, 6.07) is 5.44. The van der Waals surface area contributed by atoms with Crippen LogP contribution in [0.25, 0.3) is 0 Å². The maximum Gasteiger partial charge on any atom is 0.573 e. The average molecular weight is 455 g/mol. The van der Waals surface area contributed by atoms with E-state index in [0.29, 0.717) is 0 Å². The van der Waals surface area contributed by atoms with Crippen molar-refractivity contribution in [1.29, 1.82) is 0 Å². The molecule has 0 N–H and O–H groups in total. The molecule has 0 aliphatic heterocycles. The lowest BCUT2D eigenvalue weighted by molar-refractivity contribution is -0.274. The van der Waals surface area contributed by atoms with Gasteiger partial charge in [-0.05, 0) is 45.0 Å². The summed E-state index contributed by atoms with van der Waals surface area (Å²) < 4.78 is 65.3. The Kier molecular flexibility index (Phi) is 6.90. The third-order valence-electron chi connectivity index (χ3n) is 3.28. The van der Waals surface area contributed by atoms with Crippen molar-refractivity contribution >= 4 is 29.2 Å². The van der Waals surface area contributed by atoms with E-state index in [-0.39, 0.29) is 33.5 Å². The lowest BCUT2D eigenvalue weighted by atomic mass is 10.1. The molecule has 0 saturated carbocycles. The van der Waals surface area contributed by atoms with Gasteiger partial charge in [0.15, 0.2) is 0 Å². The highest BCUT2D eigenvalue weighted by Crippen LogP contribution is 2.33. The second kappa shape index (κ2) is 8.67. The second-order valence-electron chi connectivity index (χ2n) is 6.85. The molecule has 2 aromatic carbocycles. The Bertz CT molecular complexity index is 908. The molecule has 0 radical (unpaired) electrons. The number of hydrogen-bond acceptors (Lipinski definition) is 4. The van der Waals surface area contributed by atoms with Gasteiger partial charge in [-0.2, -0.15) is 0 Å². The zero-order chi connectivity index (χ0) is 22.0. The van der Waals surface area contributed by atoms with Crippen molar-refractivity contribution in [2.24, 2.45) is 0 Å². The van der Waals surface area contributed by atoms with Crippen molar-refractivity contribution in [3.8, 4) is 11.5 Å². The fourth-order valence-electron chi connectivity index (χ4n) is 2.13. The number of ether oxygens (including phenoxy) is 3. The molecule has 2 aromatic rings. The minimum atomic E-state index is -4.88.